The van der Waals surface area contributed by atoms with E-state index in [0.717, 1.165) is 12.8 Å². The van der Waals surface area contributed by atoms with Gasteiger partial charge in [0.25, 0.3) is 0 Å². The molecule has 1 aliphatic rings. The highest BCUT2D eigenvalue weighted by atomic mass is 16.1. The molecule has 1 amide bonds. The van der Waals surface area contributed by atoms with Gasteiger partial charge >= 0.3 is 0 Å². The number of likely N-dealkylation sites (N-methyl/N-ethyl adjacent to an activating group) is 1. The van der Waals surface area contributed by atoms with Gasteiger partial charge in [-0.2, -0.15) is 0 Å². The summed E-state index contributed by atoms with van der Waals surface area (Å²) in [7, 11) is 2.16. The molecule has 0 aromatic heterocycles. The number of piperidine rings is 1. The first-order valence-corrected chi connectivity index (χ1v) is 8.39. The Balaban J connectivity index is 2.33. The van der Waals surface area contributed by atoms with Gasteiger partial charge in [0.05, 0.1) is 6.04 Å². The van der Waals surface area contributed by atoms with Crippen LogP contribution in [0.3, 0.4) is 0 Å². The Labute approximate surface area is 140 Å². The maximum atomic E-state index is 12.0. The van der Waals surface area contributed by atoms with Crippen molar-refractivity contribution in [2.24, 2.45) is 5.92 Å². The average molecular weight is 314 g/mol. The summed E-state index contributed by atoms with van der Waals surface area (Å²) in [5.41, 5.74) is 1.30. The van der Waals surface area contributed by atoms with Crippen LogP contribution in [0.15, 0.2) is 43.0 Å². The van der Waals surface area contributed by atoms with Crippen LogP contribution in [0.4, 0.5) is 0 Å². The van der Waals surface area contributed by atoms with Crippen molar-refractivity contribution >= 4 is 5.91 Å². The number of amides is 1. The third-order valence-electron chi connectivity index (χ3n) is 5.59. The molecule has 2 rings (SSSR count). The van der Waals surface area contributed by atoms with E-state index in [2.05, 4.69) is 75.8 Å². The lowest BCUT2D eigenvalue weighted by molar-refractivity contribution is -0.122. The zero-order valence-electron chi connectivity index (χ0n) is 15.1. The fourth-order valence-electron chi connectivity index (χ4n) is 4.08. The van der Waals surface area contributed by atoms with Crippen LogP contribution in [0.2, 0.25) is 0 Å². The van der Waals surface area contributed by atoms with Crippen LogP contribution in [0.25, 0.3) is 0 Å². The summed E-state index contributed by atoms with van der Waals surface area (Å²) in [6.07, 6.45) is 3.39. The van der Waals surface area contributed by atoms with Gasteiger partial charge in [0, 0.05) is 11.1 Å². The first-order valence-electron chi connectivity index (χ1n) is 8.39. The molecule has 1 saturated heterocycles. The van der Waals surface area contributed by atoms with Gasteiger partial charge < -0.3 is 5.32 Å². The number of rotatable bonds is 4. The number of likely N-dealkylation sites (tertiary alicyclic amines) is 1. The van der Waals surface area contributed by atoms with Gasteiger partial charge in [-0.05, 0) is 65.1 Å². The molecular formula is C20H30N2O. The molecule has 1 fully saturated rings. The van der Waals surface area contributed by atoms with Crippen LogP contribution in [0.1, 0.15) is 39.7 Å². The van der Waals surface area contributed by atoms with Gasteiger partial charge in [0.2, 0.25) is 5.91 Å². The second kappa shape index (κ2) is 6.48. The second-order valence-corrected chi connectivity index (χ2v) is 7.87. The van der Waals surface area contributed by atoms with Crippen LogP contribution in [-0.2, 0) is 11.2 Å². The summed E-state index contributed by atoms with van der Waals surface area (Å²) < 4.78 is 0. The first kappa shape index (κ1) is 17.7. The molecule has 126 valence electrons. The zero-order chi connectivity index (χ0) is 17.3. The number of hydrogen-bond acceptors (Lipinski definition) is 2. The van der Waals surface area contributed by atoms with Crippen molar-refractivity contribution in [3.63, 3.8) is 0 Å². The molecule has 0 spiro atoms. The van der Waals surface area contributed by atoms with Crippen LogP contribution in [-0.4, -0.2) is 35.0 Å². The Kier molecular flexibility index (Phi) is 5.00. The van der Waals surface area contributed by atoms with E-state index in [1.54, 1.807) is 0 Å². The average Bonchev–Trinajstić information content (AvgIpc) is 2.50. The number of carbonyl (C=O) groups is 1. The van der Waals surface area contributed by atoms with E-state index >= 15 is 0 Å². The first-order chi connectivity index (χ1) is 10.7. The van der Waals surface area contributed by atoms with Crippen molar-refractivity contribution in [1.29, 1.82) is 0 Å². The number of nitrogens with one attached hydrogen (secondary N) is 1. The van der Waals surface area contributed by atoms with Gasteiger partial charge in [0.1, 0.15) is 0 Å². The molecule has 1 aliphatic heterocycles. The van der Waals surface area contributed by atoms with E-state index in [-0.39, 0.29) is 23.0 Å². The van der Waals surface area contributed by atoms with Crippen molar-refractivity contribution in [1.82, 2.24) is 10.2 Å². The van der Waals surface area contributed by atoms with E-state index in [9.17, 15) is 4.79 Å². The summed E-state index contributed by atoms with van der Waals surface area (Å²) in [5.74, 6) is 0.303. The Morgan fingerprint density at radius 3 is 2.48 bits per heavy atom. The summed E-state index contributed by atoms with van der Waals surface area (Å²) >= 11 is 0. The number of benzene rings is 1. The predicted molar refractivity (Wildman–Crippen MR) is 96.3 cm³/mol. The molecule has 3 heteroatoms. The van der Waals surface area contributed by atoms with E-state index in [1.165, 1.54) is 11.6 Å². The molecular weight excluding hydrogens is 284 g/mol. The molecule has 0 radical (unpaired) electrons. The highest BCUT2D eigenvalue weighted by molar-refractivity contribution is 5.87. The van der Waals surface area contributed by atoms with Gasteiger partial charge in [-0.3, -0.25) is 9.69 Å². The maximum Gasteiger partial charge on any atom is 0.243 e. The summed E-state index contributed by atoms with van der Waals surface area (Å²) in [6.45, 7) is 12.6. The molecule has 0 aliphatic carbocycles. The van der Waals surface area contributed by atoms with Crippen LogP contribution < -0.4 is 5.32 Å². The fourth-order valence-corrected chi connectivity index (χ4v) is 4.08. The third kappa shape index (κ3) is 3.66. The second-order valence-electron chi connectivity index (χ2n) is 7.87. The summed E-state index contributed by atoms with van der Waals surface area (Å²) in [4.78, 5) is 14.4. The van der Waals surface area contributed by atoms with E-state index in [4.69, 9.17) is 0 Å². The Bertz CT molecular complexity index is 562. The van der Waals surface area contributed by atoms with Crippen molar-refractivity contribution in [2.45, 2.75) is 57.7 Å². The zero-order valence-corrected chi connectivity index (χ0v) is 15.1. The van der Waals surface area contributed by atoms with E-state index in [0.29, 0.717) is 5.92 Å². The predicted octanol–water partition coefficient (Wildman–Crippen LogP) is 3.41. The topological polar surface area (TPSA) is 32.3 Å². The molecule has 1 aromatic carbocycles. The molecule has 0 saturated carbocycles. The van der Waals surface area contributed by atoms with E-state index < -0.39 is 0 Å². The van der Waals surface area contributed by atoms with Crippen LogP contribution in [0, 0.1) is 5.92 Å². The molecule has 2 atom stereocenters. The molecule has 1 aromatic rings. The molecule has 2 unspecified atom stereocenters. The van der Waals surface area contributed by atoms with Gasteiger partial charge in [-0.15, -0.1) is 0 Å². The van der Waals surface area contributed by atoms with Crippen LogP contribution in [0.5, 0.6) is 0 Å². The standard InChI is InChI=1S/C20H30N2O/c1-7-17(23)21-18-16(13-15-11-9-8-10-12-15)14-19(2,3)22(6)20(18,4)5/h7-12,16,18H,1,13-14H2,2-6H3,(H,21,23). The summed E-state index contributed by atoms with van der Waals surface area (Å²) in [5, 5.41) is 3.20. The molecule has 1 heterocycles. The van der Waals surface area contributed by atoms with Crippen molar-refractivity contribution in [3.05, 3.63) is 48.6 Å². The third-order valence-corrected chi connectivity index (χ3v) is 5.59. The monoisotopic (exact) mass is 314 g/mol. The molecule has 1 N–H and O–H groups in total. The van der Waals surface area contributed by atoms with Crippen LogP contribution >= 0.6 is 0 Å². The van der Waals surface area contributed by atoms with Gasteiger partial charge in [0.15, 0.2) is 0 Å². The molecule has 3 nitrogen and oxygen atoms in total. The minimum atomic E-state index is -0.125. The molecule has 0 bridgehead atoms. The van der Waals surface area contributed by atoms with Crippen molar-refractivity contribution in [3.8, 4) is 0 Å². The maximum absolute atomic E-state index is 12.0. The SMILES string of the molecule is C=CC(=O)NC1C(Cc2ccccc2)CC(C)(C)N(C)C1(C)C. The lowest BCUT2D eigenvalue weighted by Crippen LogP contribution is -2.70. The van der Waals surface area contributed by atoms with E-state index in [1.807, 2.05) is 6.07 Å². The Morgan fingerprint density at radius 2 is 1.91 bits per heavy atom. The Hall–Kier alpha value is -1.61. The van der Waals surface area contributed by atoms with Gasteiger partial charge in [-0.25, -0.2) is 0 Å². The normalized spacial score (nSPS) is 26.5. The fraction of sp³-hybridized carbons (Fsp3) is 0.550. The highest BCUT2D eigenvalue weighted by Crippen LogP contribution is 2.41. The quantitative estimate of drug-likeness (QED) is 0.864. The lowest BCUT2D eigenvalue weighted by Gasteiger charge is -2.58. The largest absolute Gasteiger partial charge is 0.348 e. The molecule has 23 heavy (non-hydrogen) atoms. The summed E-state index contributed by atoms with van der Waals surface area (Å²) in [6, 6.07) is 10.6. The van der Waals surface area contributed by atoms with Gasteiger partial charge in [-0.1, -0.05) is 36.9 Å². The number of hydrogen-bond donors (Lipinski definition) is 1. The Morgan fingerprint density at radius 1 is 1.30 bits per heavy atom. The smallest absolute Gasteiger partial charge is 0.243 e. The van der Waals surface area contributed by atoms with Crippen molar-refractivity contribution in [2.75, 3.05) is 7.05 Å². The number of nitrogens with zero attached hydrogens (tertiary/aromatic N) is 1. The highest BCUT2D eigenvalue weighted by Gasteiger charge is 2.50. The minimum absolute atomic E-state index is 0.0887. The minimum Gasteiger partial charge on any atom is -0.348 e. The van der Waals surface area contributed by atoms with Crippen molar-refractivity contribution < 1.29 is 4.79 Å². The number of carbonyl (C=O) groups excluding carboxylic acids is 1. The lowest BCUT2D eigenvalue weighted by atomic mass is 9.68.